The Morgan fingerprint density at radius 3 is 2.79 bits per heavy atom. The molecule has 0 bridgehead atoms. The number of hydrogen-bond donors (Lipinski definition) is 1. The van der Waals surface area contributed by atoms with Crippen molar-refractivity contribution in [3.05, 3.63) is 0 Å². The van der Waals surface area contributed by atoms with Crippen molar-refractivity contribution in [2.75, 3.05) is 19.7 Å². The van der Waals surface area contributed by atoms with Gasteiger partial charge in [-0.1, -0.05) is 26.7 Å². The Kier molecular flexibility index (Phi) is 5.49. The lowest BCUT2D eigenvalue weighted by Gasteiger charge is -2.31. The van der Waals surface area contributed by atoms with Gasteiger partial charge < -0.3 is 10.0 Å². The Labute approximate surface area is 88.3 Å². The van der Waals surface area contributed by atoms with Gasteiger partial charge in [-0.05, 0) is 31.7 Å². The predicted octanol–water partition coefficient (Wildman–Crippen LogP) is 2.27. The maximum Gasteiger partial charge on any atom is 0.0468 e. The molecule has 2 nitrogen and oxygen atoms in total. The van der Waals surface area contributed by atoms with E-state index in [0.717, 1.165) is 12.6 Å². The van der Waals surface area contributed by atoms with Gasteiger partial charge in [0.05, 0.1) is 0 Å². The van der Waals surface area contributed by atoms with Crippen LogP contribution in [0.1, 0.15) is 46.0 Å². The fourth-order valence-corrected chi connectivity index (χ4v) is 2.40. The van der Waals surface area contributed by atoms with Gasteiger partial charge in [0.15, 0.2) is 0 Å². The monoisotopic (exact) mass is 199 g/mol. The fourth-order valence-electron chi connectivity index (χ4n) is 2.40. The Bertz CT molecular complexity index is 149. The summed E-state index contributed by atoms with van der Waals surface area (Å²) in [6.07, 6.45) is 6.74. The zero-order valence-electron chi connectivity index (χ0n) is 9.71. The molecule has 14 heavy (non-hydrogen) atoms. The van der Waals surface area contributed by atoms with E-state index in [1.54, 1.807) is 0 Å². The predicted molar refractivity (Wildman–Crippen MR) is 60.4 cm³/mol. The molecule has 1 aliphatic heterocycles. The van der Waals surface area contributed by atoms with E-state index in [1.807, 2.05) is 0 Å². The lowest BCUT2D eigenvalue weighted by atomic mass is 10.1. The largest absolute Gasteiger partial charge is 0.396 e. The molecule has 84 valence electrons. The van der Waals surface area contributed by atoms with Gasteiger partial charge in [-0.2, -0.15) is 0 Å². The number of aliphatic hydroxyl groups is 1. The van der Waals surface area contributed by atoms with Gasteiger partial charge in [0.25, 0.3) is 0 Å². The molecule has 0 spiro atoms. The van der Waals surface area contributed by atoms with E-state index in [4.69, 9.17) is 5.11 Å². The van der Waals surface area contributed by atoms with Gasteiger partial charge in [-0.3, -0.25) is 0 Å². The molecule has 0 aromatic heterocycles. The van der Waals surface area contributed by atoms with E-state index in [-0.39, 0.29) is 0 Å². The minimum absolute atomic E-state index is 0.326. The van der Waals surface area contributed by atoms with Crippen molar-refractivity contribution < 1.29 is 5.11 Å². The molecule has 0 amide bonds. The zero-order valence-corrected chi connectivity index (χ0v) is 9.71. The zero-order chi connectivity index (χ0) is 10.4. The molecule has 1 saturated heterocycles. The number of likely N-dealkylation sites (tertiary alicyclic amines) is 1. The van der Waals surface area contributed by atoms with E-state index in [0.29, 0.717) is 12.5 Å². The van der Waals surface area contributed by atoms with Crippen molar-refractivity contribution in [2.24, 2.45) is 5.92 Å². The van der Waals surface area contributed by atoms with Crippen molar-refractivity contribution >= 4 is 0 Å². The summed E-state index contributed by atoms with van der Waals surface area (Å²) in [6, 6.07) is 0.770. The second-order valence-electron chi connectivity index (χ2n) is 4.69. The van der Waals surface area contributed by atoms with Crippen LogP contribution in [0.25, 0.3) is 0 Å². The van der Waals surface area contributed by atoms with Gasteiger partial charge >= 0.3 is 0 Å². The Morgan fingerprint density at radius 1 is 1.36 bits per heavy atom. The third-order valence-corrected chi connectivity index (χ3v) is 3.33. The maximum atomic E-state index is 9.07. The van der Waals surface area contributed by atoms with Gasteiger partial charge in [0.1, 0.15) is 0 Å². The molecule has 1 fully saturated rings. The van der Waals surface area contributed by atoms with Crippen molar-refractivity contribution in [1.82, 2.24) is 4.90 Å². The number of nitrogens with zero attached hydrogens (tertiary/aromatic N) is 1. The summed E-state index contributed by atoms with van der Waals surface area (Å²) in [5.74, 6) is 0.433. The molecule has 0 radical (unpaired) electrons. The van der Waals surface area contributed by atoms with Crippen LogP contribution < -0.4 is 0 Å². The van der Waals surface area contributed by atoms with Crippen LogP contribution in [0.4, 0.5) is 0 Å². The average Bonchev–Trinajstić information content (AvgIpc) is 2.42. The summed E-state index contributed by atoms with van der Waals surface area (Å²) in [5.41, 5.74) is 0. The van der Waals surface area contributed by atoms with Gasteiger partial charge in [0.2, 0.25) is 0 Å². The molecule has 1 N–H and O–H groups in total. The first-order chi connectivity index (χ1) is 6.77. The summed E-state index contributed by atoms with van der Waals surface area (Å²) in [5, 5.41) is 9.07. The molecule has 1 aliphatic rings. The number of aliphatic hydroxyl groups excluding tert-OH is 1. The molecule has 0 saturated carbocycles. The molecule has 1 rings (SSSR count). The SMILES string of the molecule is CCC1CCCCCN1CC(C)CO. The van der Waals surface area contributed by atoms with E-state index < -0.39 is 0 Å². The highest BCUT2D eigenvalue weighted by molar-refractivity contribution is 4.75. The Hall–Kier alpha value is -0.0800. The molecule has 2 heteroatoms. The second kappa shape index (κ2) is 6.41. The van der Waals surface area contributed by atoms with Crippen LogP contribution >= 0.6 is 0 Å². The first-order valence-corrected chi connectivity index (χ1v) is 6.12. The third-order valence-electron chi connectivity index (χ3n) is 3.33. The first kappa shape index (κ1) is 12.0. The first-order valence-electron chi connectivity index (χ1n) is 6.12. The molecule has 2 unspecified atom stereocenters. The summed E-state index contributed by atoms with van der Waals surface area (Å²) >= 11 is 0. The Balaban J connectivity index is 2.43. The van der Waals surface area contributed by atoms with Crippen molar-refractivity contribution in [3.8, 4) is 0 Å². The highest BCUT2D eigenvalue weighted by atomic mass is 16.3. The summed E-state index contributed by atoms with van der Waals surface area (Å²) in [7, 11) is 0. The summed E-state index contributed by atoms with van der Waals surface area (Å²) in [6.45, 7) is 7.06. The molecular weight excluding hydrogens is 174 g/mol. The van der Waals surface area contributed by atoms with E-state index >= 15 is 0 Å². The third kappa shape index (κ3) is 3.58. The van der Waals surface area contributed by atoms with Crippen LogP contribution in [0.5, 0.6) is 0 Å². The Morgan fingerprint density at radius 2 is 2.14 bits per heavy atom. The van der Waals surface area contributed by atoms with E-state index in [1.165, 1.54) is 38.6 Å². The maximum absolute atomic E-state index is 9.07. The van der Waals surface area contributed by atoms with Crippen molar-refractivity contribution in [1.29, 1.82) is 0 Å². The van der Waals surface area contributed by atoms with Crippen LogP contribution in [0, 0.1) is 5.92 Å². The van der Waals surface area contributed by atoms with Crippen LogP contribution in [-0.4, -0.2) is 35.7 Å². The molecule has 0 aliphatic carbocycles. The number of rotatable bonds is 4. The van der Waals surface area contributed by atoms with Gasteiger partial charge in [-0.15, -0.1) is 0 Å². The smallest absolute Gasteiger partial charge is 0.0468 e. The highest BCUT2D eigenvalue weighted by Crippen LogP contribution is 2.19. The molecular formula is C12H25NO. The normalized spacial score (nSPS) is 27.2. The van der Waals surface area contributed by atoms with E-state index in [9.17, 15) is 0 Å². The highest BCUT2D eigenvalue weighted by Gasteiger charge is 2.20. The molecule has 0 aromatic carbocycles. The van der Waals surface area contributed by atoms with Crippen LogP contribution in [-0.2, 0) is 0 Å². The van der Waals surface area contributed by atoms with Gasteiger partial charge in [-0.25, -0.2) is 0 Å². The van der Waals surface area contributed by atoms with Gasteiger partial charge in [0, 0.05) is 19.2 Å². The fraction of sp³-hybridized carbons (Fsp3) is 1.00. The second-order valence-corrected chi connectivity index (χ2v) is 4.69. The van der Waals surface area contributed by atoms with E-state index in [2.05, 4.69) is 18.7 Å². The van der Waals surface area contributed by atoms with Crippen LogP contribution in [0.3, 0.4) is 0 Å². The van der Waals surface area contributed by atoms with Crippen LogP contribution in [0.2, 0.25) is 0 Å². The van der Waals surface area contributed by atoms with Crippen molar-refractivity contribution in [3.63, 3.8) is 0 Å². The minimum Gasteiger partial charge on any atom is -0.396 e. The number of hydrogen-bond acceptors (Lipinski definition) is 2. The molecule has 1 heterocycles. The van der Waals surface area contributed by atoms with Crippen LogP contribution in [0.15, 0.2) is 0 Å². The molecule has 0 aromatic rings. The van der Waals surface area contributed by atoms with Crippen molar-refractivity contribution in [2.45, 2.75) is 52.0 Å². The lowest BCUT2D eigenvalue weighted by Crippen LogP contribution is -2.38. The topological polar surface area (TPSA) is 23.5 Å². The summed E-state index contributed by atoms with van der Waals surface area (Å²) in [4.78, 5) is 2.59. The standard InChI is InChI=1S/C12H25NO/c1-3-12-7-5-4-6-8-13(12)9-11(2)10-14/h11-12,14H,3-10H2,1-2H3. The molecule has 2 atom stereocenters. The summed E-state index contributed by atoms with van der Waals surface area (Å²) < 4.78 is 0. The minimum atomic E-state index is 0.326. The lowest BCUT2D eigenvalue weighted by molar-refractivity contribution is 0.135. The quantitative estimate of drug-likeness (QED) is 0.751. The average molecular weight is 199 g/mol.